The van der Waals surface area contributed by atoms with Crippen molar-refractivity contribution in [1.82, 2.24) is 10.1 Å². The Hall–Kier alpha value is -1.75. The number of halogens is 2. The third-order valence-corrected chi connectivity index (χ3v) is 6.66. The van der Waals surface area contributed by atoms with Crippen molar-refractivity contribution in [3.8, 4) is 5.75 Å². The largest absolute Gasteiger partial charge is 0.506 e. The van der Waals surface area contributed by atoms with E-state index in [2.05, 4.69) is 47.1 Å². The van der Waals surface area contributed by atoms with Crippen molar-refractivity contribution in [1.29, 1.82) is 0 Å². The maximum absolute atomic E-state index is 12.6. The number of aryl methyl sites for hydroxylation is 1. The molecule has 2 aromatic carbocycles. The minimum atomic E-state index is -3.86. The van der Waals surface area contributed by atoms with Gasteiger partial charge in [-0.25, -0.2) is 13.8 Å². The number of nitrogens with one attached hydrogen (secondary N) is 2. The van der Waals surface area contributed by atoms with E-state index in [1.807, 2.05) is 6.92 Å². The van der Waals surface area contributed by atoms with E-state index in [0.717, 1.165) is 5.56 Å². The Balaban J connectivity index is 2.12. The van der Waals surface area contributed by atoms with Crippen LogP contribution in [0.2, 0.25) is 0 Å². The summed E-state index contributed by atoms with van der Waals surface area (Å²) >= 11 is 6.43. The summed E-state index contributed by atoms with van der Waals surface area (Å²) in [6.07, 6.45) is 1.39. The van der Waals surface area contributed by atoms with Crippen LogP contribution in [0.3, 0.4) is 0 Å². The van der Waals surface area contributed by atoms with Crippen LogP contribution in [0.4, 0.5) is 0 Å². The first-order valence-corrected chi connectivity index (χ1v) is 11.7. The van der Waals surface area contributed by atoms with Gasteiger partial charge in [0.05, 0.1) is 20.1 Å². The van der Waals surface area contributed by atoms with Crippen LogP contribution < -0.4 is 10.1 Å². The molecule has 10 heteroatoms. The highest BCUT2D eigenvalue weighted by molar-refractivity contribution is 9.11. The Bertz CT molecular complexity index is 999. The number of aromatic hydroxyl groups is 1. The number of hydrogen-bond donors (Lipinski definition) is 3. The maximum Gasteiger partial charge on any atom is 0.258 e. The van der Waals surface area contributed by atoms with E-state index >= 15 is 0 Å². The van der Waals surface area contributed by atoms with E-state index in [-0.39, 0.29) is 16.6 Å². The lowest BCUT2D eigenvalue weighted by atomic mass is 10.1. The number of nitrogens with zero attached hydrogens (tertiary/aromatic N) is 1. The van der Waals surface area contributed by atoms with Gasteiger partial charge in [0.25, 0.3) is 5.91 Å². The second-order valence-electron chi connectivity index (χ2n) is 6.72. The average molecular weight is 547 g/mol. The lowest BCUT2D eigenvalue weighted by molar-refractivity contribution is -0.123. The van der Waals surface area contributed by atoms with E-state index in [4.69, 9.17) is 0 Å². The summed E-state index contributed by atoms with van der Waals surface area (Å²) in [4.78, 5) is 12.6. The number of carbonyl (C=O) groups is 1. The molecule has 0 radical (unpaired) electrons. The summed E-state index contributed by atoms with van der Waals surface area (Å²) < 4.78 is 28.6. The van der Waals surface area contributed by atoms with Crippen LogP contribution in [-0.2, 0) is 14.8 Å². The summed E-state index contributed by atoms with van der Waals surface area (Å²) in [6, 6.07) is 8.61. The van der Waals surface area contributed by atoms with Gasteiger partial charge in [-0.2, -0.15) is 9.82 Å². The predicted molar refractivity (Wildman–Crippen MR) is 119 cm³/mol. The molecule has 0 heterocycles. The predicted octanol–water partition coefficient (Wildman–Crippen LogP) is 3.68. The van der Waals surface area contributed by atoms with E-state index in [9.17, 15) is 18.3 Å². The van der Waals surface area contributed by atoms with Crippen LogP contribution in [0.1, 0.15) is 25.0 Å². The molecule has 0 unspecified atom stereocenters. The Morgan fingerprint density at radius 3 is 2.21 bits per heavy atom. The number of hydrazone groups is 1. The second kappa shape index (κ2) is 9.84. The van der Waals surface area contributed by atoms with Crippen molar-refractivity contribution < 1.29 is 18.3 Å². The Kier molecular flexibility index (Phi) is 7.98. The van der Waals surface area contributed by atoms with Crippen molar-refractivity contribution in [2.24, 2.45) is 11.0 Å². The Labute approximate surface area is 186 Å². The number of rotatable bonds is 7. The lowest BCUT2D eigenvalue weighted by Gasteiger charge is -2.20. The number of sulfonamides is 1. The first-order valence-electron chi connectivity index (χ1n) is 8.61. The van der Waals surface area contributed by atoms with Crippen LogP contribution in [0.5, 0.6) is 5.75 Å². The van der Waals surface area contributed by atoms with Gasteiger partial charge < -0.3 is 5.11 Å². The van der Waals surface area contributed by atoms with Crippen LogP contribution in [0, 0.1) is 12.8 Å². The minimum Gasteiger partial charge on any atom is -0.506 e. The molecule has 0 aromatic heterocycles. The van der Waals surface area contributed by atoms with Crippen LogP contribution in [0.15, 0.2) is 55.3 Å². The fourth-order valence-electron chi connectivity index (χ4n) is 2.34. The molecule has 0 aliphatic carbocycles. The van der Waals surface area contributed by atoms with Gasteiger partial charge in [0.2, 0.25) is 10.0 Å². The number of hydrogen-bond acceptors (Lipinski definition) is 5. The molecule has 0 saturated heterocycles. The standard InChI is InChI=1S/C19H21Br2N3O4S/c1-11(2)17(24-29(27,28)14-6-4-12(3)5-7-14)19(26)23-22-10-13-8-15(20)18(25)16(21)9-13/h4-11,17,24-25H,1-3H3,(H,23,26)/b22-10-/t17-/m0/s1. The second-order valence-corrected chi connectivity index (χ2v) is 10.1. The van der Waals surface area contributed by atoms with Gasteiger partial charge >= 0.3 is 0 Å². The van der Waals surface area contributed by atoms with Crippen molar-refractivity contribution in [3.05, 3.63) is 56.5 Å². The summed E-state index contributed by atoms with van der Waals surface area (Å²) in [5, 5.41) is 13.6. The van der Waals surface area contributed by atoms with Crippen molar-refractivity contribution in [2.75, 3.05) is 0 Å². The lowest BCUT2D eigenvalue weighted by Crippen LogP contribution is -2.48. The van der Waals surface area contributed by atoms with Crippen LogP contribution in [-0.4, -0.2) is 31.7 Å². The van der Waals surface area contributed by atoms with E-state index in [1.165, 1.54) is 18.3 Å². The maximum atomic E-state index is 12.6. The molecule has 29 heavy (non-hydrogen) atoms. The summed E-state index contributed by atoms with van der Waals surface area (Å²) in [6.45, 7) is 5.33. The molecule has 0 saturated carbocycles. The van der Waals surface area contributed by atoms with Gasteiger partial charge in [0.15, 0.2) is 0 Å². The van der Waals surface area contributed by atoms with Crippen molar-refractivity contribution >= 4 is 54.0 Å². The topological polar surface area (TPSA) is 108 Å². The monoisotopic (exact) mass is 545 g/mol. The molecule has 1 amide bonds. The summed E-state index contributed by atoms with van der Waals surface area (Å²) in [7, 11) is -3.86. The Morgan fingerprint density at radius 1 is 1.14 bits per heavy atom. The van der Waals surface area contributed by atoms with E-state index < -0.39 is 22.0 Å². The first-order chi connectivity index (χ1) is 13.5. The molecule has 156 valence electrons. The zero-order chi connectivity index (χ0) is 21.8. The van der Waals surface area contributed by atoms with Gasteiger partial charge in [-0.15, -0.1) is 0 Å². The third-order valence-electron chi connectivity index (χ3n) is 3.99. The molecule has 1 atom stereocenters. The highest BCUT2D eigenvalue weighted by Gasteiger charge is 2.28. The Morgan fingerprint density at radius 2 is 1.69 bits per heavy atom. The molecule has 0 aliphatic rings. The SMILES string of the molecule is Cc1ccc(S(=O)(=O)N[C@H](C(=O)N/N=C\c2cc(Br)c(O)c(Br)c2)C(C)C)cc1. The molecular formula is C19H21Br2N3O4S. The van der Waals surface area contributed by atoms with Gasteiger partial charge in [-0.3, -0.25) is 4.79 Å². The number of carbonyl (C=O) groups excluding carboxylic acids is 1. The highest BCUT2D eigenvalue weighted by Crippen LogP contribution is 2.32. The van der Waals surface area contributed by atoms with Gasteiger partial charge in [-0.05, 0) is 74.5 Å². The van der Waals surface area contributed by atoms with Crippen molar-refractivity contribution in [3.63, 3.8) is 0 Å². The minimum absolute atomic E-state index is 0.0524. The average Bonchev–Trinajstić information content (AvgIpc) is 2.64. The fourth-order valence-corrected chi connectivity index (χ4v) is 4.91. The highest BCUT2D eigenvalue weighted by atomic mass is 79.9. The quantitative estimate of drug-likeness (QED) is 0.363. The first kappa shape index (κ1) is 23.5. The van der Waals surface area contributed by atoms with Gasteiger partial charge in [-0.1, -0.05) is 31.5 Å². The number of phenolic OH excluding ortho intramolecular Hbond substituents is 1. The molecule has 3 N–H and O–H groups in total. The summed E-state index contributed by atoms with van der Waals surface area (Å²) in [5.74, 6) is -0.831. The number of phenols is 1. The zero-order valence-corrected chi connectivity index (χ0v) is 20.0. The van der Waals surface area contributed by atoms with Crippen LogP contribution in [0.25, 0.3) is 0 Å². The fraction of sp³-hybridized carbons (Fsp3) is 0.263. The smallest absolute Gasteiger partial charge is 0.258 e. The number of amides is 1. The number of benzene rings is 2. The molecule has 0 fully saturated rings. The normalized spacial score (nSPS) is 13.0. The molecule has 2 aromatic rings. The third kappa shape index (κ3) is 6.36. The molecule has 0 aliphatic heterocycles. The van der Waals surface area contributed by atoms with Gasteiger partial charge in [0.1, 0.15) is 11.8 Å². The van der Waals surface area contributed by atoms with Crippen molar-refractivity contribution in [2.45, 2.75) is 31.7 Å². The van der Waals surface area contributed by atoms with E-state index in [1.54, 1.807) is 38.1 Å². The molecule has 0 spiro atoms. The zero-order valence-electron chi connectivity index (χ0n) is 16.0. The summed E-state index contributed by atoms with van der Waals surface area (Å²) in [5.41, 5.74) is 3.91. The van der Waals surface area contributed by atoms with Gasteiger partial charge in [0, 0.05) is 0 Å². The molecule has 2 rings (SSSR count). The molecular weight excluding hydrogens is 526 g/mol. The molecule has 0 bridgehead atoms. The molecule has 7 nitrogen and oxygen atoms in total. The van der Waals surface area contributed by atoms with E-state index in [0.29, 0.717) is 14.5 Å². The van der Waals surface area contributed by atoms with Crippen LogP contribution >= 0.6 is 31.9 Å².